The SMILES string of the molecule is CCC(NC(C)CCC(N)(CC)CC)C(C)CN(CC)CC. The Morgan fingerprint density at radius 3 is 1.95 bits per heavy atom. The Labute approximate surface area is 140 Å². The molecule has 0 aliphatic heterocycles. The molecule has 3 atom stereocenters. The third-order valence-electron chi connectivity index (χ3n) is 5.55. The van der Waals surface area contributed by atoms with Gasteiger partial charge < -0.3 is 16.0 Å². The van der Waals surface area contributed by atoms with Crippen molar-refractivity contribution in [2.24, 2.45) is 11.7 Å². The minimum absolute atomic E-state index is 0.0322. The van der Waals surface area contributed by atoms with Gasteiger partial charge in [0.15, 0.2) is 0 Å². The number of hydrogen-bond acceptors (Lipinski definition) is 3. The van der Waals surface area contributed by atoms with E-state index in [0.29, 0.717) is 18.0 Å². The van der Waals surface area contributed by atoms with Crippen LogP contribution in [0.1, 0.15) is 80.6 Å². The number of nitrogens with one attached hydrogen (secondary N) is 1. The van der Waals surface area contributed by atoms with Gasteiger partial charge in [0.2, 0.25) is 0 Å². The van der Waals surface area contributed by atoms with Gasteiger partial charge in [-0.25, -0.2) is 0 Å². The van der Waals surface area contributed by atoms with E-state index in [2.05, 4.69) is 58.7 Å². The molecule has 0 aromatic carbocycles. The molecule has 0 fully saturated rings. The summed E-state index contributed by atoms with van der Waals surface area (Å²) in [5.74, 6) is 0.687. The van der Waals surface area contributed by atoms with Gasteiger partial charge in [-0.05, 0) is 58.0 Å². The fourth-order valence-electron chi connectivity index (χ4n) is 3.26. The minimum Gasteiger partial charge on any atom is -0.325 e. The molecular formula is C19H43N3. The van der Waals surface area contributed by atoms with E-state index in [1.54, 1.807) is 0 Å². The maximum atomic E-state index is 6.44. The van der Waals surface area contributed by atoms with Crippen molar-refractivity contribution in [3.8, 4) is 0 Å². The summed E-state index contributed by atoms with van der Waals surface area (Å²) in [4.78, 5) is 2.53. The fraction of sp³-hybridized carbons (Fsp3) is 1.00. The summed E-state index contributed by atoms with van der Waals surface area (Å²) in [6, 6.07) is 1.15. The highest BCUT2D eigenvalue weighted by atomic mass is 15.1. The molecule has 0 heterocycles. The third kappa shape index (κ3) is 7.94. The van der Waals surface area contributed by atoms with E-state index < -0.39 is 0 Å². The van der Waals surface area contributed by atoms with Crippen LogP contribution < -0.4 is 11.1 Å². The topological polar surface area (TPSA) is 41.3 Å². The van der Waals surface area contributed by atoms with E-state index in [-0.39, 0.29) is 5.54 Å². The third-order valence-corrected chi connectivity index (χ3v) is 5.55. The second kappa shape index (κ2) is 11.4. The van der Waals surface area contributed by atoms with E-state index in [0.717, 1.165) is 32.4 Å². The summed E-state index contributed by atoms with van der Waals surface area (Å²) in [6.07, 6.45) is 5.64. The van der Waals surface area contributed by atoms with Crippen molar-refractivity contribution in [2.75, 3.05) is 19.6 Å². The van der Waals surface area contributed by atoms with E-state index in [1.165, 1.54) is 19.4 Å². The lowest BCUT2D eigenvalue weighted by Gasteiger charge is -2.33. The minimum atomic E-state index is 0.0322. The quantitative estimate of drug-likeness (QED) is 0.539. The summed E-state index contributed by atoms with van der Waals surface area (Å²) >= 11 is 0. The normalized spacial score (nSPS) is 16.8. The van der Waals surface area contributed by atoms with Gasteiger partial charge >= 0.3 is 0 Å². The summed E-state index contributed by atoms with van der Waals surface area (Å²) < 4.78 is 0. The van der Waals surface area contributed by atoms with Crippen LogP contribution in [0, 0.1) is 5.92 Å². The molecule has 3 N–H and O–H groups in total. The highest BCUT2D eigenvalue weighted by Gasteiger charge is 2.23. The van der Waals surface area contributed by atoms with Crippen molar-refractivity contribution in [3.05, 3.63) is 0 Å². The van der Waals surface area contributed by atoms with Crippen molar-refractivity contribution in [1.82, 2.24) is 10.2 Å². The molecule has 0 amide bonds. The summed E-state index contributed by atoms with van der Waals surface area (Å²) in [5, 5.41) is 3.86. The Hall–Kier alpha value is -0.120. The van der Waals surface area contributed by atoms with Crippen LogP contribution in [0.15, 0.2) is 0 Å². The number of nitrogens with two attached hydrogens (primary N) is 1. The molecule has 0 radical (unpaired) electrons. The van der Waals surface area contributed by atoms with E-state index in [4.69, 9.17) is 5.73 Å². The Bertz CT molecular complexity index is 259. The van der Waals surface area contributed by atoms with Gasteiger partial charge in [0.1, 0.15) is 0 Å². The first-order valence-electron chi connectivity index (χ1n) is 9.62. The van der Waals surface area contributed by atoms with Crippen molar-refractivity contribution in [1.29, 1.82) is 0 Å². The lowest BCUT2D eigenvalue weighted by molar-refractivity contribution is 0.213. The zero-order valence-electron chi connectivity index (χ0n) is 16.4. The molecule has 0 saturated carbocycles. The van der Waals surface area contributed by atoms with Crippen LogP contribution in [0.3, 0.4) is 0 Å². The molecule has 3 nitrogen and oxygen atoms in total. The average Bonchev–Trinajstić information content (AvgIpc) is 2.54. The Morgan fingerprint density at radius 1 is 1.00 bits per heavy atom. The Morgan fingerprint density at radius 2 is 1.55 bits per heavy atom. The van der Waals surface area contributed by atoms with Gasteiger partial charge in [-0.2, -0.15) is 0 Å². The molecule has 134 valence electrons. The van der Waals surface area contributed by atoms with Crippen LogP contribution in [0.2, 0.25) is 0 Å². The molecule has 3 heteroatoms. The maximum absolute atomic E-state index is 6.44. The number of rotatable bonds is 13. The second-order valence-corrected chi connectivity index (χ2v) is 7.15. The molecule has 0 bridgehead atoms. The standard InChI is InChI=1S/C19H43N3/c1-8-18(16(6)15-22(11-4)12-5)21-17(7)13-14-19(20,9-2)10-3/h16-18,21H,8-15,20H2,1-7H3. The van der Waals surface area contributed by atoms with Crippen LogP contribution in [0.4, 0.5) is 0 Å². The highest BCUT2D eigenvalue weighted by molar-refractivity contribution is 4.84. The van der Waals surface area contributed by atoms with E-state index in [9.17, 15) is 0 Å². The first-order chi connectivity index (χ1) is 10.4. The summed E-state index contributed by atoms with van der Waals surface area (Å²) in [7, 11) is 0. The van der Waals surface area contributed by atoms with E-state index >= 15 is 0 Å². The van der Waals surface area contributed by atoms with Gasteiger partial charge in [-0.3, -0.25) is 0 Å². The zero-order chi connectivity index (χ0) is 17.2. The summed E-state index contributed by atoms with van der Waals surface area (Å²) in [5.41, 5.74) is 6.47. The van der Waals surface area contributed by atoms with Crippen molar-refractivity contribution in [2.45, 2.75) is 98.2 Å². The molecule has 3 unspecified atom stereocenters. The first kappa shape index (κ1) is 21.9. The van der Waals surface area contributed by atoms with E-state index in [1.807, 2.05) is 0 Å². The first-order valence-corrected chi connectivity index (χ1v) is 9.62. The van der Waals surface area contributed by atoms with Gasteiger partial charge in [0.05, 0.1) is 0 Å². The number of hydrogen-bond donors (Lipinski definition) is 2. The van der Waals surface area contributed by atoms with Crippen LogP contribution >= 0.6 is 0 Å². The van der Waals surface area contributed by atoms with Crippen LogP contribution in [0.5, 0.6) is 0 Å². The van der Waals surface area contributed by atoms with Gasteiger partial charge in [0, 0.05) is 24.2 Å². The monoisotopic (exact) mass is 313 g/mol. The Kier molecular flexibility index (Phi) is 11.4. The van der Waals surface area contributed by atoms with Crippen LogP contribution in [-0.4, -0.2) is 42.2 Å². The van der Waals surface area contributed by atoms with Gasteiger partial charge in [-0.1, -0.05) is 41.5 Å². The lowest BCUT2D eigenvalue weighted by Crippen LogP contribution is -2.46. The molecule has 0 spiro atoms. The average molecular weight is 314 g/mol. The highest BCUT2D eigenvalue weighted by Crippen LogP contribution is 2.20. The molecule has 0 aromatic rings. The van der Waals surface area contributed by atoms with Crippen LogP contribution in [0.25, 0.3) is 0 Å². The molecule has 0 aromatic heterocycles. The van der Waals surface area contributed by atoms with Gasteiger partial charge in [-0.15, -0.1) is 0 Å². The molecule has 0 aliphatic carbocycles. The summed E-state index contributed by atoms with van der Waals surface area (Å²) in [6.45, 7) is 19.4. The number of nitrogens with zero attached hydrogens (tertiary/aromatic N) is 1. The molecule has 0 rings (SSSR count). The lowest BCUT2D eigenvalue weighted by atomic mass is 9.87. The smallest absolute Gasteiger partial charge is 0.0149 e. The second-order valence-electron chi connectivity index (χ2n) is 7.15. The van der Waals surface area contributed by atoms with Crippen molar-refractivity contribution >= 4 is 0 Å². The van der Waals surface area contributed by atoms with Crippen LogP contribution in [-0.2, 0) is 0 Å². The predicted molar refractivity (Wildman–Crippen MR) is 100 cm³/mol. The maximum Gasteiger partial charge on any atom is 0.0149 e. The Balaban J connectivity index is 4.35. The molecular weight excluding hydrogens is 270 g/mol. The zero-order valence-corrected chi connectivity index (χ0v) is 16.4. The fourth-order valence-corrected chi connectivity index (χ4v) is 3.26. The largest absolute Gasteiger partial charge is 0.325 e. The molecule has 0 saturated heterocycles. The molecule has 0 aliphatic rings. The van der Waals surface area contributed by atoms with Crippen molar-refractivity contribution < 1.29 is 0 Å². The van der Waals surface area contributed by atoms with Crippen molar-refractivity contribution in [3.63, 3.8) is 0 Å². The predicted octanol–water partition coefficient (Wildman–Crippen LogP) is 4.02. The van der Waals surface area contributed by atoms with Gasteiger partial charge in [0.25, 0.3) is 0 Å². The molecule has 22 heavy (non-hydrogen) atoms.